The van der Waals surface area contributed by atoms with Crippen LogP contribution in [-0.4, -0.2) is 24.2 Å². The van der Waals surface area contributed by atoms with Crippen molar-refractivity contribution in [1.29, 1.82) is 0 Å². The summed E-state index contributed by atoms with van der Waals surface area (Å²) in [6.07, 6.45) is 1.66. The Balaban J connectivity index is 2.28. The van der Waals surface area contributed by atoms with Crippen molar-refractivity contribution in [3.05, 3.63) is 33.7 Å². The fourth-order valence-electron chi connectivity index (χ4n) is 2.04. The first-order chi connectivity index (χ1) is 10.5. The third-order valence-electron chi connectivity index (χ3n) is 3.06. The van der Waals surface area contributed by atoms with Gasteiger partial charge in [-0.25, -0.2) is 9.97 Å². The summed E-state index contributed by atoms with van der Waals surface area (Å²) in [6.45, 7) is 0. The summed E-state index contributed by atoms with van der Waals surface area (Å²) < 4.78 is 10.6. The Bertz CT molecular complexity index is 839. The van der Waals surface area contributed by atoms with Crippen molar-refractivity contribution in [1.82, 2.24) is 9.97 Å². The van der Waals surface area contributed by atoms with Crippen LogP contribution in [-0.2, 0) is 0 Å². The van der Waals surface area contributed by atoms with Crippen LogP contribution in [0.15, 0.2) is 18.3 Å². The number of ether oxygens (including phenoxy) is 2. The first-order valence-corrected chi connectivity index (χ1v) is 8.02. The van der Waals surface area contributed by atoms with E-state index in [4.69, 9.17) is 44.3 Å². The number of benzene rings is 1. The normalized spacial score (nSPS) is 11.0. The van der Waals surface area contributed by atoms with Crippen molar-refractivity contribution < 1.29 is 9.47 Å². The van der Waals surface area contributed by atoms with E-state index in [0.717, 1.165) is 15.1 Å². The molecule has 22 heavy (non-hydrogen) atoms. The van der Waals surface area contributed by atoms with Crippen LogP contribution in [0.2, 0.25) is 15.3 Å². The van der Waals surface area contributed by atoms with E-state index in [1.807, 2.05) is 6.07 Å². The number of methoxy groups -OCH3 is 2. The zero-order chi connectivity index (χ0) is 15.9. The van der Waals surface area contributed by atoms with Gasteiger partial charge in [0.1, 0.15) is 16.3 Å². The quantitative estimate of drug-likeness (QED) is 0.580. The molecule has 0 fully saturated rings. The van der Waals surface area contributed by atoms with E-state index in [9.17, 15) is 0 Å². The summed E-state index contributed by atoms with van der Waals surface area (Å²) in [5.74, 6) is 0.971. The standard InChI is InChI=1S/C14H9Cl3N2O2S/c1-20-7-4-8(21-2)12(16)10(11(7)15)9-3-6-5-18-14(17)19-13(6)22-9/h3-5H,1-2H3. The fraction of sp³-hybridized carbons (Fsp3) is 0.143. The summed E-state index contributed by atoms with van der Waals surface area (Å²) >= 11 is 20.1. The van der Waals surface area contributed by atoms with Crippen molar-refractivity contribution in [2.75, 3.05) is 14.2 Å². The predicted molar refractivity (Wildman–Crippen MR) is 91.0 cm³/mol. The first kappa shape index (κ1) is 15.6. The van der Waals surface area contributed by atoms with Gasteiger partial charge in [0.25, 0.3) is 0 Å². The number of hydrogen-bond acceptors (Lipinski definition) is 5. The van der Waals surface area contributed by atoms with Crippen molar-refractivity contribution >= 4 is 56.4 Å². The van der Waals surface area contributed by atoms with Crippen LogP contribution in [0.25, 0.3) is 20.7 Å². The molecule has 0 spiro atoms. The van der Waals surface area contributed by atoms with Gasteiger partial charge in [0.2, 0.25) is 5.28 Å². The molecule has 3 aromatic rings. The predicted octanol–water partition coefficient (Wildman–Crippen LogP) is 5.34. The molecule has 0 aliphatic rings. The Morgan fingerprint density at radius 3 is 2.23 bits per heavy atom. The van der Waals surface area contributed by atoms with Crippen molar-refractivity contribution in [2.24, 2.45) is 0 Å². The zero-order valence-electron chi connectivity index (χ0n) is 11.5. The summed E-state index contributed by atoms with van der Waals surface area (Å²) in [4.78, 5) is 9.75. The maximum atomic E-state index is 6.42. The monoisotopic (exact) mass is 374 g/mol. The zero-order valence-corrected chi connectivity index (χ0v) is 14.6. The summed E-state index contributed by atoms with van der Waals surface area (Å²) in [5.41, 5.74) is 0.638. The van der Waals surface area contributed by atoms with Crippen LogP contribution in [0.1, 0.15) is 0 Å². The average Bonchev–Trinajstić information content (AvgIpc) is 2.90. The second-order valence-corrected chi connectivity index (χ2v) is 6.42. The molecule has 0 unspecified atom stereocenters. The molecule has 3 rings (SSSR count). The lowest BCUT2D eigenvalue weighted by atomic mass is 10.1. The molecule has 0 atom stereocenters. The van der Waals surface area contributed by atoms with Gasteiger partial charge in [-0.3, -0.25) is 0 Å². The third-order valence-corrected chi connectivity index (χ3v) is 5.06. The number of hydrogen-bond donors (Lipinski definition) is 0. The Morgan fingerprint density at radius 1 is 1.00 bits per heavy atom. The molecule has 114 valence electrons. The third kappa shape index (κ3) is 2.58. The van der Waals surface area contributed by atoms with E-state index < -0.39 is 0 Å². The minimum Gasteiger partial charge on any atom is -0.495 e. The highest BCUT2D eigenvalue weighted by Crippen LogP contribution is 2.48. The Labute approximate surface area is 145 Å². The number of aromatic nitrogens is 2. The van der Waals surface area contributed by atoms with Gasteiger partial charge in [-0.05, 0) is 17.7 Å². The second kappa shape index (κ2) is 6.08. The van der Waals surface area contributed by atoms with Gasteiger partial charge in [-0.1, -0.05) is 23.2 Å². The molecule has 2 aromatic heterocycles. The molecule has 8 heteroatoms. The van der Waals surface area contributed by atoms with Crippen LogP contribution in [0.4, 0.5) is 0 Å². The summed E-state index contributed by atoms with van der Waals surface area (Å²) in [7, 11) is 3.07. The largest absolute Gasteiger partial charge is 0.495 e. The molecule has 0 aliphatic carbocycles. The molecule has 0 radical (unpaired) electrons. The molecule has 1 aromatic carbocycles. The Kier molecular flexibility index (Phi) is 4.32. The summed E-state index contributed by atoms with van der Waals surface area (Å²) in [6, 6.07) is 3.56. The molecule has 0 bridgehead atoms. The number of rotatable bonds is 3. The lowest BCUT2D eigenvalue weighted by Crippen LogP contribution is -1.92. The molecular weight excluding hydrogens is 367 g/mol. The van der Waals surface area contributed by atoms with Gasteiger partial charge in [-0.15, -0.1) is 11.3 Å². The topological polar surface area (TPSA) is 44.2 Å². The van der Waals surface area contributed by atoms with Gasteiger partial charge in [-0.2, -0.15) is 0 Å². The van der Waals surface area contributed by atoms with Crippen LogP contribution < -0.4 is 9.47 Å². The van der Waals surface area contributed by atoms with Gasteiger partial charge < -0.3 is 9.47 Å². The molecule has 4 nitrogen and oxygen atoms in total. The van der Waals surface area contributed by atoms with E-state index in [2.05, 4.69) is 9.97 Å². The van der Waals surface area contributed by atoms with Crippen molar-refractivity contribution in [3.8, 4) is 21.9 Å². The summed E-state index contributed by atoms with van der Waals surface area (Å²) in [5, 5.41) is 1.89. The number of halogens is 3. The first-order valence-electron chi connectivity index (χ1n) is 6.07. The van der Waals surface area contributed by atoms with Crippen molar-refractivity contribution in [2.45, 2.75) is 0 Å². The van der Waals surface area contributed by atoms with Gasteiger partial charge in [0, 0.05) is 28.1 Å². The smallest absolute Gasteiger partial charge is 0.223 e. The van der Waals surface area contributed by atoms with Crippen LogP contribution in [0.3, 0.4) is 0 Å². The van der Waals surface area contributed by atoms with E-state index in [-0.39, 0.29) is 5.28 Å². The van der Waals surface area contributed by atoms with Gasteiger partial charge >= 0.3 is 0 Å². The van der Waals surface area contributed by atoms with Gasteiger partial charge in [0.15, 0.2) is 0 Å². The average molecular weight is 376 g/mol. The Morgan fingerprint density at radius 2 is 1.64 bits per heavy atom. The minimum atomic E-state index is 0.196. The Hall–Kier alpha value is -1.27. The molecular formula is C14H9Cl3N2O2S. The van der Waals surface area contributed by atoms with Crippen LogP contribution >= 0.6 is 46.1 Å². The van der Waals surface area contributed by atoms with E-state index in [1.54, 1.807) is 12.3 Å². The second-order valence-electron chi connectivity index (χ2n) is 4.29. The van der Waals surface area contributed by atoms with Gasteiger partial charge in [0.05, 0.1) is 24.3 Å². The lowest BCUT2D eigenvalue weighted by Gasteiger charge is -2.13. The fourth-order valence-corrected chi connectivity index (χ4v) is 4.10. The molecule has 0 amide bonds. The minimum absolute atomic E-state index is 0.196. The highest BCUT2D eigenvalue weighted by molar-refractivity contribution is 7.22. The SMILES string of the molecule is COc1cc(OC)c(Cl)c(-c2cc3cnc(Cl)nc3s2)c1Cl. The highest BCUT2D eigenvalue weighted by Gasteiger charge is 2.20. The number of thiophene rings is 1. The maximum Gasteiger partial charge on any atom is 0.223 e. The molecule has 0 N–H and O–H groups in total. The van der Waals surface area contributed by atoms with Crippen LogP contribution in [0.5, 0.6) is 11.5 Å². The molecule has 0 saturated heterocycles. The highest BCUT2D eigenvalue weighted by atomic mass is 35.5. The van der Waals surface area contributed by atoms with E-state index in [0.29, 0.717) is 27.1 Å². The van der Waals surface area contributed by atoms with Crippen LogP contribution in [0, 0.1) is 0 Å². The lowest BCUT2D eigenvalue weighted by molar-refractivity contribution is 0.395. The number of fused-ring (bicyclic) bond motifs is 1. The molecule has 0 aliphatic heterocycles. The van der Waals surface area contributed by atoms with E-state index in [1.165, 1.54) is 25.6 Å². The molecule has 0 saturated carbocycles. The molecule has 2 heterocycles. The number of nitrogens with zero attached hydrogens (tertiary/aromatic N) is 2. The van der Waals surface area contributed by atoms with Crippen molar-refractivity contribution in [3.63, 3.8) is 0 Å². The maximum absolute atomic E-state index is 6.42. The van der Waals surface area contributed by atoms with E-state index >= 15 is 0 Å².